The maximum Gasteiger partial charge on any atom is 0.217 e. The van der Waals surface area contributed by atoms with Gasteiger partial charge in [-0.25, -0.2) is 0 Å². The number of hydrogen-bond donors (Lipinski definition) is 6. The number of hydrogen-bond acceptors (Lipinski definition) is 7. The number of rotatable bonds is 2. The zero-order chi connectivity index (χ0) is 16.9. The Kier molecular flexibility index (Phi) is 3.81. The Morgan fingerprint density at radius 3 is 2.52 bits per heavy atom. The van der Waals surface area contributed by atoms with Crippen LogP contribution in [0.25, 0.3) is 0 Å². The number of phenols is 1. The lowest BCUT2D eigenvalue weighted by atomic mass is 9.56. The second-order valence-corrected chi connectivity index (χ2v) is 6.03. The third-order valence-corrected chi connectivity index (χ3v) is 4.65. The monoisotopic (exact) mass is 325 g/mol. The van der Waals surface area contributed by atoms with E-state index in [4.69, 9.17) is 4.74 Å². The summed E-state index contributed by atoms with van der Waals surface area (Å²) < 4.78 is 5.18. The first-order chi connectivity index (χ1) is 10.8. The van der Waals surface area contributed by atoms with Crippen LogP contribution in [0.1, 0.15) is 18.4 Å². The Labute approximate surface area is 132 Å². The van der Waals surface area contributed by atoms with Crippen LogP contribution in [-0.4, -0.2) is 67.7 Å². The topological polar surface area (TPSA) is 139 Å². The molecule has 1 saturated carbocycles. The summed E-state index contributed by atoms with van der Waals surface area (Å²) in [5.41, 5.74) is -1.70. The summed E-state index contributed by atoms with van der Waals surface area (Å²) in [6.07, 6.45) is -5.62. The number of ether oxygens (including phenoxy) is 1. The number of carbonyl (C=O) groups excluding carboxylic acids is 1. The fourth-order valence-electron chi connectivity index (χ4n) is 3.57. The lowest BCUT2D eigenvalue weighted by molar-refractivity contribution is -0.361. The first kappa shape index (κ1) is 16.2. The van der Waals surface area contributed by atoms with Crippen LogP contribution >= 0.6 is 0 Å². The van der Waals surface area contributed by atoms with E-state index in [9.17, 15) is 30.3 Å². The van der Waals surface area contributed by atoms with Gasteiger partial charge in [0.1, 0.15) is 29.6 Å². The molecule has 3 rings (SSSR count). The second kappa shape index (κ2) is 5.43. The number of aliphatic hydroxyl groups is 4. The van der Waals surface area contributed by atoms with Gasteiger partial charge in [0.25, 0.3) is 0 Å². The van der Waals surface area contributed by atoms with Gasteiger partial charge in [0.2, 0.25) is 5.91 Å². The van der Waals surface area contributed by atoms with Crippen molar-refractivity contribution in [2.24, 2.45) is 0 Å². The molecule has 1 aromatic rings. The summed E-state index contributed by atoms with van der Waals surface area (Å²) in [4.78, 5) is 11.2. The Balaban J connectivity index is 1.97. The lowest BCUT2D eigenvalue weighted by Gasteiger charge is -2.62. The van der Waals surface area contributed by atoms with Crippen molar-refractivity contribution in [2.45, 2.75) is 49.1 Å². The minimum absolute atomic E-state index is 0.141. The lowest BCUT2D eigenvalue weighted by Crippen LogP contribution is -2.81. The summed E-state index contributed by atoms with van der Waals surface area (Å²) >= 11 is 0. The van der Waals surface area contributed by atoms with Crippen molar-refractivity contribution in [3.05, 3.63) is 29.8 Å². The van der Waals surface area contributed by atoms with E-state index in [-0.39, 0.29) is 11.3 Å². The van der Waals surface area contributed by atoms with Gasteiger partial charge in [0.05, 0.1) is 12.0 Å². The Hall–Kier alpha value is -1.71. The number of aromatic hydroxyl groups is 1. The number of phenolic OH excluding ortho intramolecular Hbond substituents is 1. The number of carbonyl (C=O) groups is 1. The highest BCUT2D eigenvalue weighted by Gasteiger charge is 2.71. The summed E-state index contributed by atoms with van der Waals surface area (Å²) in [7, 11) is 0. The molecule has 1 aromatic carbocycles. The van der Waals surface area contributed by atoms with E-state index in [0.29, 0.717) is 0 Å². The van der Waals surface area contributed by atoms with Gasteiger partial charge in [-0.2, -0.15) is 0 Å². The fourth-order valence-corrected chi connectivity index (χ4v) is 3.57. The molecule has 1 amide bonds. The Morgan fingerprint density at radius 1 is 1.26 bits per heavy atom. The molecule has 0 spiro atoms. The highest BCUT2D eigenvalue weighted by atomic mass is 16.6. The van der Waals surface area contributed by atoms with E-state index in [1.165, 1.54) is 19.1 Å². The molecule has 8 heteroatoms. The molecule has 1 heterocycles. The summed E-state index contributed by atoms with van der Waals surface area (Å²) in [5, 5.41) is 53.8. The number of nitrogens with one attached hydrogen (secondary N) is 1. The molecule has 2 aliphatic rings. The average molecular weight is 325 g/mol. The van der Waals surface area contributed by atoms with Crippen LogP contribution in [0.15, 0.2) is 24.3 Å². The normalized spacial score (nSPS) is 42.5. The molecule has 8 nitrogen and oxygen atoms in total. The summed E-state index contributed by atoms with van der Waals surface area (Å²) in [5.74, 6) is -1.68. The first-order valence-electron chi connectivity index (χ1n) is 7.25. The molecule has 0 aromatic heterocycles. The van der Waals surface area contributed by atoms with E-state index < -0.39 is 48.1 Å². The van der Waals surface area contributed by atoms with E-state index in [0.717, 1.165) is 0 Å². The van der Waals surface area contributed by atoms with Crippen LogP contribution in [0.4, 0.5) is 0 Å². The van der Waals surface area contributed by atoms with E-state index in [1.807, 2.05) is 0 Å². The molecule has 0 bridgehead atoms. The van der Waals surface area contributed by atoms with Crippen molar-refractivity contribution in [2.75, 3.05) is 0 Å². The zero-order valence-electron chi connectivity index (χ0n) is 12.3. The highest BCUT2D eigenvalue weighted by Crippen LogP contribution is 2.54. The second-order valence-electron chi connectivity index (χ2n) is 6.03. The molecule has 2 fully saturated rings. The van der Waals surface area contributed by atoms with Gasteiger partial charge in [-0.15, -0.1) is 0 Å². The molecule has 7 atom stereocenters. The molecule has 23 heavy (non-hydrogen) atoms. The fraction of sp³-hybridized carbons (Fsp3) is 0.533. The van der Waals surface area contributed by atoms with Gasteiger partial charge in [-0.3, -0.25) is 4.79 Å². The van der Waals surface area contributed by atoms with Crippen LogP contribution < -0.4 is 5.32 Å². The van der Waals surface area contributed by atoms with Crippen LogP contribution in [0.3, 0.4) is 0 Å². The third kappa shape index (κ3) is 2.22. The zero-order valence-corrected chi connectivity index (χ0v) is 12.3. The molecule has 6 N–H and O–H groups in total. The van der Waals surface area contributed by atoms with Crippen molar-refractivity contribution in [1.82, 2.24) is 5.32 Å². The first-order valence-corrected chi connectivity index (χ1v) is 7.25. The number of fused-ring (bicyclic) bond motifs is 1. The van der Waals surface area contributed by atoms with E-state index in [2.05, 4.69) is 5.32 Å². The predicted octanol–water partition coefficient (Wildman–Crippen LogP) is -1.84. The number of aliphatic hydroxyl groups excluding tert-OH is 3. The molecule has 1 aliphatic heterocycles. The quantitative estimate of drug-likeness (QED) is 0.376. The average Bonchev–Trinajstić information content (AvgIpc) is 2.50. The Bertz CT molecular complexity index is 624. The Morgan fingerprint density at radius 2 is 1.91 bits per heavy atom. The number of benzene rings is 1. The van der Waals surface area contributed by atoms with Crippen molar-refractivity contribution in [3.63, 3.8) is 0 Å². The number of amides is 1. The standard InChI is InChI=1S/C15H19NO7/c1-6(17)16-10-12(20)15(22)9(7-4-2-3-5-8(7)18)11(19)13(15)23-14(10)21/h2-5,9-14,18-22H,1H3,(H,16,17)/t9?,10-,11?,12-,13-,14?,15-/m1/s1. The minimum atomic E-state index is -1.95. The van der Waals surface area contributed by atoms with Gasteiger partial charge in [-0.1, -0.05) is 18.2 Å². The minimum Gasteiger partial charge on any atom is -0.508 e. The molecule has 1 saturated heterocycles. The maximum absolute atomic E-state index is 11.2. The van der Waals surface area contributed by atoms with Gasteiger partial charge in [0.15, 0.2) is 6.29 Å². The van der Waals surface area contributed by atoms with Crippen LogP contribution in [0.5, 0.6) is 5.75 Å². The van der Waals surface area contributed by atoms with Crippen molar-refractivity contribution in [1.29, 1.82) is 0 Å². The van der Waals surface area contributed by atoms with Gasteiger partial charge < -0.3 is 35.6 Å². The molecule has 1 aliphatic carbocycles. The van der Waals surface area contributed by atoms with Gasteiger partial charge in [0, 0.05) is 12.5 Å². The largest absolute Gasteiger partial charge is 0.508 e. The molecule has 0 radical (unpaired) electrons. The number of para-hydroxylation sites is 1. The van der Waals surface area contributed by atoms with E-state index in [1.54, 1.807) is 12.1 Å². The molecule has 126 valence electrons. The SMILES string of the molecule is CC(=O)N[C@H]1C(O)O[C@@H]2C(O)C(c3ccccc3O)[C@@]2(O)[C@@H]1O. The van der Waals surface area contributed by atoms with Gasteiger partial charge >= 0.3 is 0 Å². The van der Waals surface area contributed by atoms with Crippen molar-refractivity contribution in [3.8, 4) is 5.75 Å². The molecule has 3 unspecified atom stereocenters. The summed E-state index contributed by atoms with van der Waals surface area (Å²) in [6.45, 7) is 1.20. The third-order valence-electron chi connectivity index (χ3n) is 4.65. The smallest absolute Gasteiger partial charge is 0.217 e. The molecular weight excluding hydrogens is 306 g/mol. The molecular formula is C15H19NO7. The maximum atomic E-state index is 11.2. The van der Waals surface area contributed by atoms with E-state index >= 15 is 0 Å². The summed E-state index contributed by atoms with van der Waals surface area (Å²) in [6, 6.07) is 4.87. The van der Waals surface area contributed by atoms with Crippen LogP contribution in [0, 0.1) is 0 Å². The van der Waals surface area contributed by atoms with Crippen LogP contribution in [-0.2, 0) is 9.53 Å². The van der Waals surface area contributed by atoms with Crippen LogP contribution in [0.2, 0.25) is 0 Å². The highest BCUT2D eigenvalue weighted by molar-refractivity contribution is 5.73. The van der Waals surface area contributed by atoms with Crippen molar-refractivity contribution >= 4 is 5.91 Å². The van der Waals surface area contributed by atoms with Gasteiger partial charge in [-0.05, 0) is 6.07 Å². The van der Waals surface area contributed by atoms with Crippen molar-refractivity contribution < 1.29 is 35.1 Å². The predicted molar refractivity (Wildman–Crippen MR) is 76.3 cm³/mol.